The lowest BCUT2D eigenvalue weighted by Gasteiger charge is -2.76. The summed E-state index contributed by atoms with van der Waals surface area (Å²) in [6, 6.07) is 0. The minimum absolute atomic E-state index is 1.26. The highest BCUT2D eigenvalue weighted by atomic mass is 19.4. The van der Waals surface area contributed by atoms with Gasteiger partial charge < -0.3 is 5.11 Å². The maximum Gasteiger partial charge on any atom is 0.457 e. The van der Waals surface area contributed by atoms with Gasteiger partial charge in [-0.3, -0.25) is 9.47 Å². The van der Waals surface area contributed by atoms with Gasteiger partial charge in [0.1, 0.15) is 0 Å². The van der Waals surface area contributed by atoms with Crippen LogP contribution in [-0.2, 0) is 9.47 Å². The molecule has 0 aromatic carbocycles. The fourth-order valence-corrected chi connectivity index (χ4v) is 5.25. The number of nitrogens with zero attached hydrogens (tertiary/aromatic N) is 1. The Bertz CT molecular complexity index is 1300. The number of ether oxygens (including phenoxy) is 2. The Balaban J connectivity index is 2.75. The van der Waals surface area contributed by atoms with Gasteiger partial charge in [-0.05, 0) is 0 Å². The van der Waals surface area contributed by atoms with Gasteiger partial charge in [-0.1, -0.05) is 8.96 Å². The van der Waals surface area contributed by atoms with Gasteiger partial charge in [0.25, 0.3) is 11.2 Å². The van der Waals surface area contributed by atoms with E-state index in [-0.39, 0.29) is 0 Å². The molecule has 4 rings (SSSR count). The molecular formula is C16HF28NO3. The third-order valence-electron chi connectivity index (χ3n) is 7.57. The maximum absolute atomic E-state index is 15.5. The van der Waals surface area contributed by atoms with Gasteiger partial charge in [0.05, 0.1) is 5.34 Å². The third kappa shape index (κ3) is 3.16. The quantitative estimate of drug-likeness (QED) is 0.165. The van der Waals surface area contributed by atoms with Crippen LogP contribution < -0.4 is 0 Å². The molecule has 4 fully saturated rings. The van der Waals surface area contributed by atoms with Gasteiger partial charge >= 0.3 is 83.1 Å². The lowest BCUT2D eigenvalue weighted by Crippen LogP contribution is -3.11. The molecule has 4 atom stereocenters. The monoisotopic (exact) mass is 787 g/mol. The van der Waals surface area contributed by atoms with E-state index in [1.807, 2.05) is 0 Å². The Hall–Kier alpha value is -2.12. The average Bonchev–Trinajstić information content (AvgIpc) is 2.83. The number of hydrogen-bond donors (Lipinski definition) is 1. The Morgan fingerprint density at radius 1 is 0.396 bits per heavy atom. The van der Waals surface area contributed by atoms with E-state index in [2.05, 4.69) is 0 Å². The summed E-state index contributed by atoms with van der Waals surface area (Å²) in [4.78, 5) is 0. The molecule has 0 heterocycles. The molecule has 1 N–H and O–H groups in total. The highest BCUT2D eigenvalue weighted by Gasteiger charge is 3.24. The van der Waals surface area contributed by atoms with Gasteiger partial charge in [-0.2, -0.15) is 101 Å². The van der Waals surface area contributed by atoms with Crippen LogP contribution in [0.15, 0.2) is 0 Å². The molecule has 0 aliphatic heterocycles. The fraction of sp³-hybridized carbons (Fsp3) is 1.00. The van der Waals surface area contributed by atoms with Crippen molar-refractivity contribution < 1.29 is 138 Å². The third-order valence-corrected chi connectivity index (χ3v) is 7.57. The molecule has 284 valence electrons. The van der Waals surface area contributed by atoms with E-state index in [0.717, 1.165) is 0 Å². The van der Waals surface area contributed by atoms with Gasteiger partial charge in [-0.15, -0.1) is 0 Å². The standard InChI is InChI=1S/C16HF28NO3/c17-1-5(19,20)2(18)7(23,24)3(6(1,21)22,47-15(39,40)11(31,45(43)44)13(33,34)35)10(29,30)4(8(1,25)26,9(2,27)28)48-16(41,42)12(32,46)14(36,37)38/h46H. The van der Waals surface area contributed by atoms with Crippen LogP contribution in [0.4, 0.5) is 123 Å². The first-order valence-corrected chi connectivity index (χ1v) is 10.5. The van der Waals surface area contributed by atoms with E-state index < -0.39 is 99.6 Å². The van der Waals surface area contributed by atoms with E-state index >= 15 is 52.7 Å². The van der Waals surface area contributed by atoms with Gasteiger partial charge in [-0.25, -0.2) is 13.2 Å². The smallest absolute Gasteiger partial charge is 0.348 e. The molecule has 4 unspecified atom stereocenters. The molecule has 0 spiro atoms. The lowest BCUT2D eigenvalue weighted by molar-refractivity contribution is -0.660. The molecular weight excluding hydrogens is 786 g/mol. The first kappa shape index (κ1) is 40.3. The highest BCUT2D eigenvalue weighted by Crippen LogP contribution is 2.89. The minimum Gasteiger partial charge on any atom is -0.348 e. The van der Waals surface area contributed by atoms with Crippen molar-refractivity contribution >= 4 is 0 Å². The zero-order valence-electron chi connectivity index (χ0n) is 20.3. The molecule has 4 aliphatic carbocycles. The number of aliphatic hydroxyl groups is 1. The molecule has 48 heavy (non-hydrogen) atoms. The van der Waals surface area contributed by atoms with Crippen molar-refractivity contribution in [1.82, 2.24) is 5.34 Å². The molecule has 32 heteroatoms. The summed E-state index contributed by atoms with van der Waals surface area (Å²) in [6.45, 7) is 0. The van der Waals surface area contributed by atoms with E-state index in [1.165, 1.54) is 9.47 Å². The Kier molecular flexibility index (Phi) is 7.42. The largest absolute Gasteiger partial charge is 0.457 e. The van der Waals surface area contributed by atoms with Crippen LogP contribution in [0.3, 0.4) is 0 Å². The Labute approximate surface area is 238 Å². The molecule has 4 nitrogen and oxygen atoms in total. The average molecular weight is 787 g/mol. The van der Waals surface area contributed by atoms with Gasteiger partial charge in [0.2, 0.25) is 0 Å². The Morgan fingerprint density at radius 3 is 0.896 bits per heavy atom. The second-order valence-electron chi connectivity index (χ2n) is 9.84. The molecule has 4 aliphatic rings. The molecule has 0 aromatic rings. The van der Waals surface area contributed by atoms with Crippen molar-refractivity contribution in [2.45, 2.75) is 94.3 Å². The summed E-state index contributed by atoms with van der Waals surface area (Å²) in [7, 11) is 0. The van der Waals surface area contributed by atoms with Crippen molar-refractivity contribution in [3.63, 3.8) is 0 Å². The predicted molar refractivity (Wildman–Crippen MR) is 80.9 cm³/mol. The summed E-state index contributed by atoms with van der Waals surface area (Å²) < 4.78 is 400. The zero-order chi connectivity index (χ0) is 39.0. The molecule has 0 aromatic heterocycles. The van der Waals surface area contributed by atoms with Crippen LogP contribution in [0.2, 0.25) is 0 Å². The van der Waals surface area contributed by atoms with Crippen LogP contribution >= 0.6 is 0 Å². The van der Waals surface area contributed by atoms with Crippen molar-refractivity contribution in [3.05, 3.63) is 0 Å². The van der Waals surface area contributed by atoms with Crippen LogP contribution in [0.5, 0.6) is 0 Å². The van der Waals surface area contributed by atoms with Crippen molar-refractivity contribution in [2.24, 2.45) is 0 Å². The number of alkyl halides is 26. The number of halogens is 28. The van der Waals surface area contributed by atoms with E-state index in [9.17, 15) is 70.4 Å². The first-order valence-electron chi connectivity index (χ1n) is 10.5. The van der Waals surface area contributed by atoms with Gasteiger partial charge in [0, 0.05) is 0 Å². The fourth-order valence-electron chi connectivity index (χ4n) is 5.25. The highest BCUT2D eigenvalue weighted by molar-refractivity contribution is 5.55. The van der Waals surface area contributed by atoms with E-state index in [0.29, 0.717) is 0 Å². The summed E-state index contributed by atoms with van der Waals surface area (Å²) in [5, 5.41) is 3.48. The number of rotatable bonds is 7. The summed E-state index contributed by atoms with van der Waals surface area (Å²) in [5.74, 6) is -73.0. The van der Waals surface area contributed by atoms with Crippen molar-refractivity contribution in [2.75, 3.05) is 0 Å². The predicted octanol–water partition coefficient (Wildman–Crippen LogP) is 7.47. The lowest BCUT2D eigenvalue weighted by atomic mass is 9.39. The maximum atomic E-state index is 15.5. The summed E-state index contributed by atoms with van der Waals surface area (Å²) >= 11 is 0. The van der Waals surface area contributed by atoms with E-state index in [4.69, 9.17) is 5.11 Å². The molecule has 4 saturated carbocycles. The SMILES string of the molecule is OC(F)(C(F)(F)F)C(F)(F)OC12C(F)(F)C3(F)C(F)(F)C(F)(C1(F)F)C(F)(F)C(OC(F)(F)C(F)(N(F)F)C(F)(F)F)(C3(F)F)C2(F)F. The molecule has 0 amide bonds. The second kappa shape index (κ2) is 8.84. The van der Waals surface area contributed by atoms with E-state index in [1.54, 1.807) is 0 Å². The summed E-state index contributed by atoms with van der Waals surface area (Å²) in [5.41, 5.74) is -37.2. The van der Waals surface area contributed by atoms with Crippen LogP contribution in [0.25, 0.3) is 0 Å². The van der Waals surface area contributed by atoms with Crippen LogP contribution in [0, 0.1) is 0 Å². The zero-order valence-corrected chi connectivity index (χ0v) is 20.3. The number of hydrogen-bond acceptors (Lipinski definition) is 4. The van der Waals surface area contributed by atoms with Crippen LogP contribution in [0.1, 0.15) is 0 Å². The molecule has 0 radical (unpaired) electrons. The normalized spacial score (nSPS) is 38.9. The summed E-state index contributed by atoms with van der Waals surface area (Å²) in [6.07, 6.45) is -34.3. The van der Waals surface area contributed by atoms with Gasteiger partial charge in [0.15, 0.2) is 0 Å². The topological polar surface area (TPSA) is 41.9 Å². The first-order chi connectivity index (χ1) is 20.4. The second-order valence-corrected chi connectivity index (χ2v) is 9.84. The Morgan fingerprint density at radius 2 is 0.667 bits per heavy atom. The molecule has 4 bridgehead atoms. The van der Waals surface area contributed by atoms with Crippen molar-refractivity contribution in [3.8, 4) is 0 Å². The molecule has 0 saturated heterocycles. The minimum atomic E-state index is -9.62. The van der Waals surface area contributed by atoms with Crippen molar-refractivity contribution in [1.29, 1.82) is 0 Å². The van der Waals surface area contributed by atoms with Crippen LogP contribution in [-0.4, -0.2) is 105 Å².